The molecule has 1 saturated carbocycles. The predicted molar refractivity (Wildman–Crippen MR) is 99.8 cm³/mol. The Morgan fingerprint density at radius 2 is 1.88 bits per heavy atom. The fraction of sp³-hybridized carbons (Fsp3) is 0.476. The fourth-order valence-corrected chi connectivity index (χ4v) is 3.73. The average Bonchev–Trinajstić information content (AvgIpc) is 2.56. The largest absolute Gasteiger partial charge is 0.352 e. The third-order valence-corrected chi connectivity index (χ3v) is 5.14. The lowest BCUT2D eigenvalue weighted by atomic mass is 9.86. The number of carbonyl (C=O) groups is 1. The maximum absolute atomic E-state index is 12.3. The summed E-state index contributed by atoms with van der Waals surface area (Å²) in [6.07, 6.45) is 4.90. The summed E-state index contributed by atoms with van der Waals surface area (Å²) in [7, 11) is 2.01. The van der Waals surface area contributed by atoms with E-state index in [1.165, 1.54) is 35.6 Å². The van der Waals surface area contributed by atoms with Gasteiger partial charge in [0.15, 0.2) is 0 Å². The third-order valence-electron chi connectivity index (χ3n) is 5.14. The van der Waals surface area contributed by atoms with E-state index in [-0.39, 0.29) is 5.91 Å². The van der Waals surface area contributed by atoms with Crippen molar-refractivity contribution in [3.8, 4) is 0 Å². The molecule has 2 aromatic carbocycles. The molecule has 0 saturated heterocycles. The molecule has 0 aromatic heterocycles. The Labute approximate surface area is 145 Å². The van der Waals surface area contributed by atoms with E-state index >= 15 is 0 Å². The quantitative estimate of drug-likeness (QED) is 0.902. The monoisotopic (exact) mass is 324 g/mol. The van der Waals surface area contributed by atoms with E-state index in [1.807, 2.05) is 7.05 Å². The van der Waals surface area contributed by atoms with Crippen molar-refractivity contribution in [3.63, 3.8) is 0 Å². The number of amides is 1. The molecular weight excluding hydrogens is 296 g/mol. The minimum Gasteiger partial charge on any atom is -0.352 e. The Morgan fingerprint density at radius 3 is 2.67 bits per heavy atom. The number of hydrogen-bond acceptors (Lipinski definition) is 2. The van der Waals surface area contributed by atoms with Gasteiger partial charge in [-0.3, -0.25) is 9.69 Å². The smallest absolute Gasteiger partial charge is 0.234 e. The molecule has 0 radical (unpaired) electrons. The van der Waals surface area contributed by atoms with Gasteiger partial charge < -0.3 is 5.32 Å². The number of nitrogens with one attached hydrogen (secondary N) is 1. The summed E-state index contributed by atoms with van der Waals surface area (Å²) in [6.45, 7) is 3.50. The van der Waals surface area contributed by atoms with Gasteiger partial charge in [0.2, 0.25) is 5.91 Å². The van der Waals surface area contributed by atoms with Gasteiger partial charge in [-0.05, 0) is 48.2 Å². The van der Waals surface area contributed by atoms with Crippen LogP contribution in [0.15, 0.2) is 42.5 Å². The van der Waals surface area contributed by atoms with Gasteiger partial charge in [0.25, 0.3) is 0 Å². The van der Waals surface area contributed by atoms with E-state index in [9.17, 15) is 4.79 Å². The number of carbonyl (C=O) groups excluding carboxylic acids is 1. The zero-order chi connectivity index (χ0) is 16.9. The maximum atomic E-state index is 12.3. The van der Waals surface area contributed by atoms with Crippen molar-refractivity contribution in [3.05, 3.63) is 48.0 Å². The van der Waals surface area contributed by atoms with E-state index in [1.54, 1.807) is 0 Å². The van der Waals surface area contributed by atoms with Gasteiger partial charge in [0.1, 0.15) is 0 Å². The minimum atomic E-state index is 0.150. The third kappa shape index (κ3) is 4.35. The summed E-state index contributed by atoms with van der Waals surface area (Å²) in [6, 6.07) is 15.3. The first-order valence-corrected chi connectivity index (χ1v) is 9.07. The van der Waals surface area contributed by atoms with Crippen LogP contribution in [0.25, 0.3) is 10.8 Å². The van der Waals surface area contributed by atoms with Crippen LogP contribution < -0.4 is 5.32 Å². The van der Waals surface area contributed by atoms with Gasteiger partial charge in [-0.15, -0.1) is 0 Å². The molecule has 1 aliphatic carbocycles. The molecule has 3 heteroatoms. The molecule has 1 aliphatic rings. The van der Waals surface area contributed by atoms with Crippen LogP contribution in [-0.4, -0.2) is 30.4 Å². The van der Waals surface area contributed by atoms with Crippen molar-refractivity contribution in [2.24, 2.45) is 5.92 Å². The molecule has 24 heavy (non-hydrogen) atoms. The van der Waals surface area contributed by atoms with Crippen LogP contribution in [0, 0.1) is 5.92 Å². The molecule has 1 N–H and O–H groups in total. The molecule has 0 aliphatic heterocycles. The van der Waals surface area contributed by atoms with Crippen molar-refractivity contribution >= 4 is 16.7 Å². The number of likely N-dealkylation sites (N-methyl/N-ethyl adjacent to an activating group) is 1. The second kappa shape index (κ2) is 7.80. The summed E-state index contributed by atoms with van der Waals surface area (Å²) in [4.78, 5) is 14.4. The van der Waals surface area contributed by atoms with Crippen molar-refractivity contribution in [2.75, 3.05) is 13.6 Å². The highest BCUT2D eigenvalue weighted by atomic mass is 16.2. The van der Waals surface area contributed by atoms with Gasteiger partial charge in [-0.1, -0.05) is 56.2 Å². The van der Waals surface area contributed by atoms with Crippen LogP contribution in [-0.2, 0) is 11.3 Å². The second-order valence-corrected chi connectivity index (χ2v) is 7.29. The molecule has 0 heterocycles. The number of benzene rings is 2. The molecule has 0 bridgehead atoms. The Kier molecular flexibility index (Phi) is 5.52. The Bertz CT molecular complexity index is 697. The Morgan fingerprint density at radius 1 is 1.12 bits per heavy atom. The lowest BCUT2D eigenvalue weighted by Gasteiger charge is -2.30. The van der Waals surface area contributed by atoms with E-state index in [4.69, 9.17) is 0 Å². The zero-order valence-electron chi connectivity index (χ0n) is 14.8. The number of hydrogen-bond donors (Lipinski definition) is 1. The summed E-state index contributed by atoms with van der Waals surface area (Å²) >= 11 is 0. The SMILES string of the molecule is C[C@H]1CCCC[C@H]1NC(=O)CN(C)Cc1ccc2ccccc2c1. The van der Waals surface area contributed by atoms with Crippen LogP contribution in [0.1, 0.15) is 38.2 Å². The Hall–Kier alpha value is -1.87. The predicted octanol–water partition coefficient (Wildman–Crippen LogP) is 3.97. The van der Waals surface area contributed by atoms with Crippen LogP contribution in [0.3, 0.4) is 0 Å². The zero-order valence-corrected chi connectivity index (χ0v) is 14.8. The van der Waals surface area contributed by atoms with E-state index in [2.05, 4.69) is 59.6 Å². The van der Waals surface area contributed by atoms with Gasteiger partial charge >= 0.3 is 0 Å². The minimum absolute atomic E-state index is 0.150. The van der Waals surface area contributed by atoms with Crippen molar-refractivity contribution in [1.82, 2.24) is 10.2 Å². The second-order valence-electron chi connectivity index (χ2n) is 7.29. The highest BCUT2D eigenvalue weighted by molar-refractivity contribution is 5.83. The molecule has 3 nitrogen and oxygen atoms in total. The van der Waals surface area contributed by atoms with Gasteiger partial charge in [0, 0.05) is 12.6 Å². The van der Waals surface area contributed by atoms with Crippen LogP contribution >= 0.6 is 0 Å². The van der Waals surface area contributed by atoms with Crippen LogP contribution in [0.4, 0.5) is 0 Å². The van der Waals surface area contributed by atoms with Crippen LogP contribution in [0.2, 0.25) is 0 Å². The van der Waals surface area contributed by atoms with E-state index < -0.39 is 0 Å². The molecule has 0 unspecified atom stereocenters. The van der Waals surface area contributed by atoms with Crippen molar-refractivity contribution in [2.45, 2.75) is 45.2 Å². The topological polar surface area (TPSA) is 32.3 Å². The number of rotatable bonds is 5. The normalized spacial score (nSPS) is 21.1. The van der Waals surface area contributed by atoms with E-state index in [0.717, 1.165) is 13.0 Å². The van der Waals surface area contributed by atoms with Crippen LogP contribution in [0.5, 0.6) is 0 Å². The first-order valence-electron chi connectivity index (χ1n) is 9.07. The highest BCUT2D eigenvalue weighted by Gasteiger charge is 2.23. The molecule has 2 atom stereocenters. The van der Waals surface area contributed by atoms with E-state index in [0.29, 0.717) is 18.5 Å². The summed E-state index contributed by atoms with van der Waals surface area (Å²) in [5, 5.41) is 5.75. The molecule has 1 fully saturated rings. The first-order chi connectivity index (χ1) is 11.6. The standard InChI is InChI=1S/C21H28N2O/c1-16-7-3-6-10-20(16)22-21(24)15-23(2)14-17-11-12-18-8-4-5-9-19(18)13-17/h4-5,8-9,11-13,16,20H,3,6-7,10,14-15H2,1-2H3,(H,22,24)/t16-,20+/m0/s1. The van der Waals surface area contributed by atoms with Gasteiger partial charge in [-0.2, -0.15) is 0 Å². The average molecular weight is 324 g/mol. The summed E-state index contributed by atoms with van der Waals surface area (Å²) in [5.74, 6) is 0.755. The highest BCUT2D eigenvalue weighted by Crippen LogP contribution is 2.23. The molecular formula is C21H28N2O. The maximum Gasteiger partial charge on any atom is 0.234 e. The Balaban J connectivity index is 1.54. The molecule has 3 rings (SSSR count). The number of fused-ring (bicyclic) bond motifs is 1. The summed E-state index contributed by atoms with van der Waals surface area (Å²) < 4.78 is 0. The molecule has 0 spiro atoms. The molecule has 2 aromatic rings. The summed E-state index contributed by atoms with van der Waals surface area (Å²) in [5.41, 5.74) is 1.25. The molecule has 1 amide bonds. The lowest BCUT2D eigenvalue weighted by molar-refractivity contribution is -0.123. The number of nitrogens with zero attached hydrogens (tertiary/aromatic N) is 1. The van der Waals surface area contributed by atoms with Crippen molar-refractivity contribution < 1.29 is 4.79 Å². The van der Waals surface area contributed by atoms with Gasteiger partial charge in [0.05, 0.1) is 6.54 Å². The lowest BCUT2D eigenvalue weighted by Crippen LogP contribution is -2.44. The first kappa shape index (κ1) is 17.0. The van der Waals surface area contributed by atoms with Crippen molar-refractivity contribution in [1.29, 1.82) is 0 Å². The van der Waals surface area contributed by atoms with Gasteiger partial charge in [-0.25, -0.2) is 0 Å². The molecule has 128 valence electrons. The fourth-order valence-electron chi connectivity index (χ4n) is 3.73.